The first-order chi connectivity index (χ1) is 13.6. The molecule has 2 aromatic carbocycles. The van der Waals surface area contributed by atoms with Gasteiger partial charge in [-0.1, -0.05) is 23.7 Å². The Hall–Kier alpha value is -2.42. The van der Waals surface area contributed by atoms with E-state index in [0.29, 0.717) is 31.7 Å². The smallest absolute Gasteiger partial charge is 0.265 e. The number of halogens is 1. The minimum atomic E-state index is -3.79. The number of hydrogen-bond donors (Lipinski definition) is 1. The van der Waals surface area contributed by atoms with Crippen molar-refractivity contribution in [3.8, 4) is 10.6 Å². The molecule has 0 fully saturated rings. The molecule has 6 nitrogen and oxygen atoms in total. The Bertz CT molecular complexity index is 1190. The minimum Gasteiger partial charge on any atom is -0.344 e. The summed E-state index contributed by atoms with van der Waals surface area (Å²) in [5.41, 5.74) is 2.38. The molecule has 0 bridgehead atoms. The van der Waals surface area contributed by atoms with Gasteiger partial charge in [0.05, 0.1) is 11.1 Å². The zero-order valence-electron chi connectivity index (χ0n) is 16.4. The minimum absolute atomic E-state index is 0.126. The predicted molar refractivity (Wildman–Crippen MR) is 117 cm³/mol. The summed E-state index contributed by atoms with van der Waals surface area (Å²) in [4.78, 5) is 18.6. The lowest BCUT2D eigenvalue weighted by Gasteiger charge is -2.12. The van der Waals surface area contributed by atoms with Crippen molar-refractivity contribution in [3.63, 3.8) is 0 Å². The van der Waals surface area contributed by atoms with Crippen LogP contribution in [0, 0.1) is 13.8 Å². The average Bonchev–Trinajstić information content (AvgIpc) is 3.13. The van der Waals surface area contributed by atoms with Crippen LogP contribution in [0.4, 0.5) is 5.69 Å². The summed E-state index contributed by atoms with van der Waals surface area (Å²) in [6.07, 6.45) is 1.53. The van der Waals surface area contributed by atoms with Crippen molar-refractivity contribution >= 4 is 44.6 Å². The van der Waals surface area contributed by atoms with Crippen molar-refractivity contribution in [2.45, 2.75) is 18.7 Å². The number of benzene rings is 2. The molecule has 3 rings (SSSR count). The molecule has 1 N–H and O–H groups in total. The molecule has 0 radical (unpaired) electrons. The molecule has 29 heavy (non-hydrogen) atoms. The molecular weight excluding hydrogens is 430 g/mol. The molecule has 0 aliphatic heterocycles. The largest absolute Gasteiger partial charge is 0.344 e. The van der Waals surface area contributed by atoms with E-state index in [0.717, 1.165) is 5.56 Å². The molecule has 1 aromatic heterocycles. The predicted octanol–water partition coefficient (Wildman–Crippen LogP) is 4.58. The van der Waals surface area contributed by atoms with Gasteiger partial charge < -0.3 is 4.90 Å². The number of hydrogen-bond acceptors (Lipinski definition) is 5. The lowest BCUT2D eigenvalue weighted by molar-refractivity contribution is 0.0832. The van der Waals surface area contributed by atoms with E-state index in [1.54, 1.807) is 58.3 Å². The van der Waals surface area contributed by atoms with E-state index in [2.05, 4.69) is 9.71 Å². The van der Waals surface area contributed by atoms with Crippen LogP contribution in [0.15, 0.2) is 47.5 Å². The number of nitrogens with zero attached hydrogens (tertiary/aromatic N) is 2. The van der Waals surface area contributed by atoms with E-state index in [4.69, 9.17) is 11.6 Å². The Morgan fingerprint density at radius 1 is 1.14 bits per heavy atom. The summed E-state index contributed by atoms with van der Waals surface area (Å²) in [6, 6.07) is 10.1. The number of thiazole rings is 1. The number of sulfonamides is 1. The standard InChI is InChI=1S/C20H20ClN3O3S2/c1-12-9-18(13(2)8-16(12)21)29(26,27)23-15-7-5-6-14(10-15)19-22-11-17(28-19)20(25)24(3)4/h5-11,23H,1-4H3. The molecule has 0 spiro atoms. The number of carbonyl (C=O) groups excluding carboxylic acids is 1. The van der Waals surface area contributed by atoms with E-state index in [-0.39, 0.29) is 10.8 Å². The second kappa shape index (κ2) is 8.14. The first kappa shape index (κ1) is 21.3. The van der Waals surface area contributed by atoms with E-state index in [9.17, 15) is 13.2 Å². The van der Waals surface area contributed by atoms with Crippen molar-refractivity contribution in [1.82, 2.24) is 9.88 Å². The maximum absolute atomic E-state index is 12.9. The first-order valence-electron chi connectivity index (χ1n) is 8.66. The Morgan fingerprint density at radius 3 is 2.55 bits per heavy atom. The van der Waals surface area contributed by atoms with Gasteiger partial charge >= 0.3 is 0 Å². The summed E-state index contributed by atoms with van der Waals surface area (Å²) in [5.74, 6) is -0.126. The third-order valence-electron chi connectivity index (χ3n) is 4.23. The molecule has 152 valence electrons. The third kappa shape index (κ3) is 4.60. The lowest BCUT2D eigenvalue weighted by atomic mass is 10.2. The van der Waals surface area contributed by atoms with Crippen LogP contribution in [-0.2, 0) is 10.0 Å². The highest BCUT2D eigenvalue weighted by Gasteiger charge is 2.19. The molecule has 1 amide bonds. The van der Waals surface area contributed by atoms with Gasteiger partial charge in [0.15, 0.2) is 0 Å². The van der Waals surface area contributed by atoms with Crippen LogP contribution in [0.1, 0.15) is 20.8 Å². The van der Waals surface area contributed by atoms with Crippen molar-refractivity contribution in [2.75, 3.05) is 18.8 Å². The summed E-state index contributed by atoms with van der Waals surface area (Å²) in [7, 11) is -0.432. The number of rotatable bonds is 5. The molecule has 0 atom stereocenters. The maximum Gasteiger partial charge on any atom is 0.265 e. The van der Waals surface area contributed by atoms with Crippen LogP contribution < -0.4 is 4.72 Å². The highest BCUT2D eigenvalue weighted by Crippen LogP contribution is 2.30. The molecule has 0 saturated carbocycles. The van der Waals surface area contributed by atoms with Crippen LogP contribution in [0.5, 0.6) is 0 Å². The number of carbonyl (C=O) groups is 1. The van der Waals surface area contributed by atoms with E-state index in [1.165, 1.54) is 22.4 Å². The maximum atomic E-state index is 12.9. The fourth-order valence-electron chi connectivity index (χ4n) is 2.70. The molecule has 0 aliphatic rings. The van der Waals surface area contributed by atoms with Gasteiger partial charge in [0.1, 0.15) is 9.88 Å². The summed E-state index contributed by atoms with van der Waals surface area (Å²) in [5, 5.41) is 1.16. The van der Waals surface area contributed by atoms with Gasteiger partial charge in [0, 0.05) is 30.4 Å². The Labute approximate surface area is 179 Å². The van der Waals surface area contributed by atoms with Gasteiger partial charge in [-0.3, -0.25) is 9.52 Å². The molecule has 9 heteroatoms. The van der Waals surface area contributed by atoms with Crippen LogP contribution >= 0.6 is 22.9 Å². The zero-order chi connectivity index (χ0) is 21.3. The van der Waals surface area contributed by atoms with Crippen molar-refractivity contribution in [2.24, 2.45) is 0 Å². The zero-order valence-corrected chi connectivity index (χ0v) is 18.7. The van der Waals surface area contributed by atoms with E-state index in [1.807, 2.05) is 6.07 Å². The van der Waals surface area contributed by atoms with Gasteiger partial charge in [-0.05, 0) is 49.2 Å². The van der Waals surface area contributed by atoms with Gasteiger partial charge in [0.25, 0.3) is 15.9 Å². The number of aromatic nitrogens is 1. The fraction of sp³-hybridized carbons (Fsp3) is 0.200. The number of nitrogens with one attached hydrogen (secondary N) is 1. The van der Waals surface area contributed by atoms with Crippen molar-refractivity contribution in [3.05, 3.63) is 63.6 Å². The first-order valence-corrected chi connectivity index (χ1v) is 11.3. The third-order valence-corrected chi connectivity index (χ3v) is 7.20. The topological polar surface area (TPSA) is 79.4 Å². The van der Waals surface area contributed by atoms with Gasteiger partial charge in [0.2, 0.25) is 0 Å². The van der Waals surface area contributed by atoms with E-state index < -0.39 is 10.0 Å². The normalized spacial score (nSPS) is 11.3. The molecule has 3 aromatic rings. The number of amides is 1. The summed E-state index contributed by atoms with van der Waals surface area (Å²) < 4.78 is 28.4. The monoisotopic (exact) mass is 449 g/mol. The number of anilines is 1. The second-order valence-corrected chi connectivity index (χ2v) is 9.87. The highest BCUT2D eigenvalue weighted by molar-refractivity contribution is 7.92. The lowest BCUT2D eigenvalue weighted by Crippen LogP contribution is -2.20. The number of aryl methyl sites for hydroxylation is 2. The quantitative estimate of drug-likeness (QED) is 0.618. The van der Waals surface area contributed by atoms with Crippen LogP contribution in [0.25, 0.3) is 10.6 Å². The summed E-state index contributed by atoms with van der Waals surface area (Å²) in [6.45, 7) is 3.46. The second-order valence-electron chi connectivity index (χ2n) is 6.78. The van der Waals surface area contributed by atoms with Crippen LogP contribution in [-0.4, -0.2) is 38.3 Å². The van der Waals surface area contributed by atoms with Gasteiger partial charge in [-0.15, -0.1) is 11.3 Å². The van der Waals surface area contributed by atoms with Gasteiger partial charge in [-0.25, -0.2) is 13.4 Å². The molecule has 0 saturated heterocycles. The van der Waals surface area contributed by atoms with Crippen molar-refractivity contribution in [1.29, 1.82) is 0 Å². The SMILES string of the molecule is Cc1cc(S(=O)(=O)Nc2cccc(-c3ncc(C(=O)N(C)C)s3)c2)c(C)cc1Cl. The molecule has 0 unspecified atom stereocenters. The van der Waals surface area contributed by atoms with Crippen LogP contribution in [0.3, 0.4) is 0 Å². The fourth-order valence-corrected chi connectivity index (χ4v) is 5.21. The molecular formula is C20H20ClN3O3S2. The van der Waals surface area contributed by atoms with Crippen LogP contribution in [0.2, 0.25) is 5.02 Å². The highest BCUT2D eigenvalue weighted by atomic mass is 35.5. The Balaban J connectivity index is 1.91. The summed E-state index contributed by atoms with van der Waals surface area (Å²) >= 11 is 7.34. The average molecular weight is 450 g/mol. The Kier molecular flexibility index (Phi) is 5.97. The van der Waals surface area contributed by atoms with Crippen molar-refractivity contribution < 1.29 is 13.2 Å². The van der Waals surface area contributed by atoms with E-state index >= 15 is 0 Å². The molecule has 0 aliphatic carbocycles. The van der Waals surface area contributed by atoms with Gasteiger partial charge in [-0.2, -0.15) is 0 Å². The Morgan fingerprint density at radius 2 is 1.86 bits per heavy atom. The molecule has 1 heterocycles.